The van der Waals surface area contributed by atoms with Gasteiger partial charge in [-0.2, -0.15) is 0 Å². The molecule has 0 N–H and O–H groups in total. The van der Waals surface area contributed by atoms with E-state index in [0.717, 1.165) is 11.1 Å². The molecule has 2 aromatic carbocycles. The first-order valence-electron chi connectivity index (χ1n) is 8.76. The number of ether oxygens (including phenoxy) is 2. The van der Waals surface area contributed by atoms with Crippen LogP contribution in [0.1, 0.15) is 24.0 Å². The molecular formula is C23H24O4. The average molecular weight is 364 g/mol. The fourth-order valence-corrected chi connectivity index (χ4v) is 2.72. The van der Waals surface area contributed by atoms with E-state index in [1.54, 1.807) is 0 Å². The van der Waals surface area contributed by atoms with Crippen LogP contribution in [0, 0.1) is 5.41 Å². The van der Waals surface area contributed by atoms with Crippen LogP contribution in [0.4, 0.5) is 0 Å². The van der Waals surface area contributed by atoms with Gasteiger partial charge in [-0.25, -0.2) is 0 Å². The van der Waals surface area contributed by atoms with E-state index in [4.69, 9.17) is 9.47 Å². The van der Waals surface area contributed by atoms with Gasteiger partial charge >= 0.3 is 11.9 Å². The normalized spacial score (nSPS) is 10.7. The zero-order valence-corrected chi connectivity index (χ0v) is 15.3. The number of hydrogen-bond donors (Lipinski definition) is 0. The predicted molar refractivity (Wildman–Crippen MR) is 105 cm³/mol. The molecule has 27 heavy (non-hydrogen) atoms. The summed E-state index contributed by atoms with van der Waals surface area (Å²) >= 11 is 0. The standard InChI is InChI=1S/C23H24O4/c1-3-15-23(16-4-2,21(24)26-17-19-11-7-5-8-12-19)22(25)27-18-20-13-9-6-10-14-20/h3-14H,1-2,15-18H2. The zero-order chi connectivity index (χ0) is 19.5. The monoisotopic (exact) mass is 364 g/mol. The van der Waals surface area contributed by atoms with E-state index in [9.17, 15) is 9.59 Å². The zero-order valence-electron chi connectivity index (χ0n) is 15.3. The molecule has 4 heteroatoms. The second-order valence-electron chi connectivity index (χ2n) is 6.19. The largest absolute Gasteiger partial charge is 0.460 e. The highest BCUT2D eigenvalue weighted by molar-refractivity contribution is 6.00. The Kier molecular flexibility index (Phi) is 7.56. The molecule has 0 unspecified atom stereocenters. The van der Waals surface area contributed by atoms with Gasteiger partial charge in [0.1, 0.15) is 13.2 Å². The smallest absolute Gasteiger partial charge is 0.324 e. The van der Waals surface area contributed by atoms with Gasteiger partial charge in [-0.1, -0.05) is 72.8 Å². The van der Waals surface area contributed by atoms with Crippen molar-refractivity contribution >= 4 is 11.9 Å². The summed E-state index contributed by atoms with van der Waals surface area (Å²) in [6, 6.07) is 18.6. The topological polar surface area (TPSA) is 52.6 Å². The summed E-state index contributed by atoms with van der Waals surface area (Å²) in [5.74, 6) is -1.27. The van der Waals surface area contributed by atoms with Gasteiger partial charge in [0.2, 0.25) is 0 Å². The highest BCUT2D eigenvalue weighted by Crippen LogP contribution is 2.32. The minimum Gasteiger partial charge on any atom is -0.460 e. The molecule has 2 aromatic rings. The number of rotatable bonds is 10. The minimum atomic E-state index is -1.48. The molecule has 0 aromatic heterocycles. The van der Waals surface area contributed by atoms with Crippen LogP contribution in [0.5, 0.6) is 0 Å². The molecule has 140 valence electrons. The van der Waals surface area contributed by atoms with Gasteiger partial charge in [0.05, 0.1) is 0 Å². The maximum Gasteiger partial charge on any atom is 0.324 e. The van der Waals surface area contributed by atoms with Crippen LogP contribution in [0.25, 0.3) is 0 Å². The molecule has 0 saturated carbocycles. The molecule has 0 amide bonds. The molecule has 0 bridgehead atoms. The van der Waals surface area contributed by atoms with Crippen LogP contribution in [-0.4, -0.2) is 11.9 Å². The van der Waals surface area contributed by atoms with Crippen molar-refractivity contribution in [2.24, 2.45) is 5.41 Å². The maximum atomic E-state index is 12.9. The number of esters is 2. The molecule has 0 aliphatic heterocycles. The van der Waals surface area contributed by atoms with Crippen molar-refractivity contribution in [3.8, 4) is 0 Å². The quantitative estimate of drug-likeness (QED) is 0.351. The Labute approximate surface area is 160 Å². The lowest BCUT2D eigenvalue weighted by molar-refractivity contribution is -0.174. The Morgan fingerprint density at radius 2 is 1.11 bits per heavy atom. The predicted octanol–water partition coefficient (Wildman–Crippen LogP) is 4.61. The van der Waals surface area contributed by atoms with Crippen molar-refractivity contribution < 1.29 is 19.1 Å². The van der Waals surface area contributed by atoms with Crippen LogP contribution in [0.2, 0.25) is 0 Å². The molecule has 0 fully saturated rings. The number of benzene rings is 2. The first-order chi connectivity index (χ1) is 13.1. The van der Waals surface area contributed by atoms with Crippen LogP contribution in [0.3, 0.4) is 0 Å². The second kappa shape index (κ2) is 10.1. The van der Waals surface area contributed by atoms with Gasteiger partial charge in [-0.3, -0.25) is 9.59 Å². The molecule has 2 rings (SSSR count). The number of allylic oxidation sites excluding steroid dienone is 2. The van der Waals surface area contributed by atoms with Crippen molar-refractivity contribution in [2.45, 2.75) is 26.1 Å². The Morgan fingerprint density at radius 3 is 1.44 bits per heavy atom. The van der Waals surface area contributed by atoms with E-state index >= 15 is 0 Å². The maximum absolute atomic E-state index is 12.9. The summed E-state index contributed by atoms with van der Waals surface area (Å²) in [7, 11) is 0. The van der Waals surface area contributed by atoms with Crippen molar-refractivity contribution in [2.75, 3.05) is 0 Å². The van der Waals surface area contributed by atoms with Crippen molar-refractivity contribution in [1.29, 1.82) is 0 Å². The van der Waals surface area contributed by atoms with Crippen LogP contribution < -0.4 is 0 Å². The summed E-state index contributed by atoms with van der Waals surface area (Å²) in [6.45, 7) is 7.53. The summed E-state index contributed by atoms with van der Waals surface area (Å²) in [6.07, 6.45) is 3.27. The number of carbonyl (C=O) groups excluding carboxylic acids is 2. The molecule has 0 radical (unpaired) electrons. The van der Waals surface area contributed by atoms with Crippen molar-refractivity contribution in [3.05, 3.63) is 97.1 Å². The molecule has 0 aliphatic carbocycles. The van der Waals surface area contributed by atoms with Crippen molar-refractivity contribution in [3.63, 3.8) is 0 Å². The fourth-order valence-electron chi connectivity index (χ4n) is 2.72. The second-order valence-corrected chi connectivity index (χ2v) is 6.19. The number of hydrogen-bond acceptors (Lipinski definition) is 4. The molecule has 0 spiro atoms. The Hall–Kier alpha value is -3.14. The molecule has 0 saturated heterocycles. The lowest BCUT2D eigenvalue weighted by Crippen LogP contribution is -2.41. The van der Waals surface area contributed by atoms with E-state index in [0.29, 0.717) is 0 Å². The van der Waals surface area contributed by atoms with Crippen LogP contribution in [0.15, 0.2) is 86.0 Å². The minimum absolute atomic E-state index is 0.0850. The van der Waals surface area contributed by atoms with E-state index in [1.807, 2.05) is 60.7 Å². The Balaban J connectivity index is 2.13. The Morgan fingerprint density at radius 1 is 0.741 bits per heavy atom. The van der Waals surface area contributed by atoms with Gasteiger partial charge in [0.25, 0.3) is 0 Å². The van der Waals surface area contributed by atoms with Gasteiger partial charge in [0.15, 0.2) is 5.41 Å². The van der Waals surface area contributed by atoms with E-state index in [-0.39, 0.29) is 26.1 Å². The third-order valence-corrected chi connectivity index (χ3v) is 4.19. The lowest BCUT2D eigenvalue weighted by Gasteiger charge is -2.27. The Bertz CT molecular complexity index is 698. The highest BCUT2D eigenvalue weighted by Gasteiger charge is 2.47. The van der Waals surface area contributed by atoms with E-state index < -0.39 is 17.4 Å². The summed E-state index contributed by atoms with van der Waals surface area (Å²) in [5.41, 5.74) is 0.205. The molecular weight excluding hydrogens is 340 g/mol. The summed E-state index contributed by atoms with van der Waals surface area (Å²) < 4.78 is 10.9. The van der Waals surface area contributed by atoms with Gasteiger partial charge in [-0.05, 0) is 24.0 Å². The highest BCUT2D eigenvalue weighted by atomic mass is 16.6. The molecule has 4 nitrogen and oxygen atoms in total. The van der Waals surface area contributed by atoms with E-state index in [1.165, 1.54) is 12.2 Å². The molecule has 0 heterocycles. The van der Waals surface area contributed by atoms with E-state index in [2.05, 4.69) is 13.2 Å². The van der Waals surface area contributed by atoms with Crippen molar-refractivity contribution in [1.82, 2.24) is 0 Å². The summed E-state index contributed by atoms with van der Waals surface area (Å²) in [4.78, 5) is 25.7. The third kappa shape index (κ3) is 5.42. The number of carbonyl (C=O) groups is 2. The third-order valence-electron chi connectivity index (χ3n) is 4.19. The first kappa shape index (κ1) is 20.2. The molecule has 0 aliphatic rings. The SMILES string of the molecule is C=CCC(CC=C)(C(=O)OCc1ccccc1)C(=O)OCc1ccccc1. The molecule has 0 atom stereocenters. The first-order valence-corrected chi connectivity index (χ1v) is 8.76. The van der Waals surface area contributed by atoms with Gasteiger partial charge < -0.3 is 9.47 Å². The lowest BCUT2D eigenvalue weighted by atomic mass is 9.81. The van der Waals surface area contributed by atoms with Gasteiger partial charge in [0, 0.05) is 0 Å². The van der Waals surface area contributed by atoms with Crippen LogP contribution in [-0.2, 0) is 32.3 Å². The van der Waals surface area contributed by atoms with Gasteiger partial charge in [-0.15, -0.1) is 13.2 Å². The fraction of sp³-hybridized carbons (Fsp3) is 0.217. The summed E-state index contributed by atoms with van der Waals surface area (Å²) in [5, 5.41) is 0. The van der Waals surface area contributed by atoms with Crippen LogP contribution >= 0.6 is 0 Å². The average Bonchev–Trinajstić information content (AvgIpc) is 2.71.